The molecule has 0 bridgehead atoms. The van der Waals surface area contributed by atoms with Crippen LogP contribution in [0.4, 0.5) is 0 Å². The third kappa shape index (κ3) is 0.985. The summed E-state index contributed by atoms with van der Waals surface area (Å²) in [5.74, 6) is 0. The first kappa shape index (κ1) is 8.14. The van der Waals surface area contributed by atoms with Crippen LogP contribution in [0.2, 0.25) is 5.15 Å². The zero-order valence-electron chi connectivity index (χ0n) is 6.51. The predicted octanol–water partition coefficient (Wildman–Crippen LogP) is 3.66. The first-order valence-electron chi connectivity index (χ1n) is 3.62. The van der Waals surface area contributed by atoms with Crippen molar-refractivity contribution in [2.75, 3.05) is 0 Å². The van der Waals surface area contributed by atoms with Crippen molar-refractivity contribution in [1.29, 1.82) is 0 Å². The molecule has 0 aromatic carbocycles. The predicted molar refractivity (Wildman–Crippen MR) is 54.8 cm³/mol. The highest BCUT2D eigenvalue weighted by Gasteiger charge is 2.09. The molecule has 12 heavy (non-hydrogen) atoms. The smallest absolute Gasteiger partial charge is 0.117 e. The number of nitrogens with zero attached hydrogens (tertiary/aromatic N) is 1. The largest absolute Gasteiger partial charge is 0.306 e. The fourth-order valence-corrected chi connectivity index (χ4v) is 2.12. The minimum Gasteiger partial charge on any atom is -0.306 e. The van der Waals surface area contributed by atoms with Crippen molar-refractivity contribution in [1.82, 2.24) is 4.40 Å². The maximum Gasteiger partial charge on any atom is 0.117 e. The number of hydrogen-bond donors (Lipinski definition) is 0. The van der Waals surface area contributed by atoms with E-state index in [-0.39, 0.29) is 0 Å². The van der Waals surface area contributed by atoms with Gasteiger partial charge in [0.15, 0.2) is 0 Å². The van der Waals surface area contributed by atoms with Gasteiger partial charge in [0.25, 0.3) is 0 Å². The summed E-state index contributed by atoms with van der Waals surface area (Å²) >= 11 is 9.58. The maximum atomic E-state index is 6.08. The van der Waals surface area contributed by atoms with Crippen molar-refractivity contribution >= 4 is 33.0 Å². The molecule has 0 saturated heterocycles. The maximum absolute atomic E-state index is 6.08. The molecule has 0 spiro atoms. The summed E-state index contributed by atoms with van der Waals surface area (Å²) < 4.78 is 3.04. The molecule has 0 unspecified atom stereocenters. The monoisotopic (exact) mass is 243 g/mol. The van der Waals surface area contributed by atoms with Gasteiger partial charge in [0, 0.05) is 16.2 Å². The molecule has 0 radical (unpaired) electrons. The van der Waals surface area contributed by atoms with E-state index in [1.54, 1.807) is 0 Å². The van der Waals surface area contributed by atoms with E-state index in [1.807, 2.05) is 35.7 Å². The van der Waals surface area contributed by atoms with E-state index in [1.165, 1.54) is 0 Å². The molecule has 0 fully saturated rings. The molecule has 3 heteroatoms. The molecule has 0 amide bonds. The normalized spacial score (nSPS) is 10.9. The van der Waals surface area contributed by atoms with Crippen LogP contribution < -0.4 is 0 Å². The molecule has 0 aliphatic carbocycles. The zero-order chi connectivity index (χ0) is 8.72. The lowest BCUT2D eigenvalue weighted by Crippen LogP contribution is -1.80. The zero-order valence-corrected chi connectivity index (χ0v) is 8.85. The van der Waals surface area contributed by atoms with E-state index in [0.717, 1.165) is 20.7 Å². The SMILES string of the molecule is Cc1c(Br)c2ccccn2c1Cl. The van der Waals surface area contributed by atoms with E-state index < -0.39 is 0 Å². The van der Waals surface area contributed by atoms with E-state index in [9.17, 15) is 0 Å². The van der Waals surface area contributed by atoms with Crippen LogP contribution >= 0.6 is 27.5 Å². The van der Waals surface area contributed by atoms with Gasteiger partial charge in [-0.1, -0.05) is 17.7 Å². The van der Waals surface area contributed by atoms with Crippen LogP contribution in [-0.2, 0) is 0 Å². The fraction of sp³-hybridized carbons (Fsp3) is 0.111. The number of fused-ring (bicyclic) bond motifs is 1. The molecule has 0 aliphatic heterocycles. The third-order valence-corrected chi connectivity index (χ3v) is 3.40. The van der Waals surface area contributed by atoms with Crippen molar-refractivity contribution in [3.05, 3.63) is 39.6 Å². The molecule has 0 N–H and O–H groups in total. The highest BCUT2D eigenvalue weighted by Crippen LogP contribution is 2.30. The summed E-state index contributed by atoms with van der Waals surface area (Å²) in [5, 5.41) is 0.775. The lowest BCUT2D eigenvalue weighted by atomic mass is 10.3. The van der Waals surface area contributed by atoms with Crippen LogP contribution in [0.15, 0.2) is 28.9 Å². The van der Waals surface area contributed by atoms with Crippen molar-refractivity contribution in [3.63, 3.8) is 0 Å². The van der Waals surface area contributed by atoms with Gasteiger partial charge in [0.2, 0.25) is 0 Å². The summed E-state index contributed by atoms with van der Waals surface area (Å²) in [7, 11) is 0. The van der Waals surface area contributed by atoms with Crippen LogP contribution in [0.25, 0.3) is 5.52 Å². The molecule has 62 valence electrons. The van der Waals surface area contributed by atoms with Crippen LogP contribution in [0, 0.1) is 6.92 Å². The van der Waals surface area contributed by atoms with Crippen LogP contribution in [-0.4, -0.2) is 4.40 Å². The summed E-state index contributed by atoms with van der Waals surface area (Å²) in [6, 6.07) is 5.99. The van der Waals surface area contributed by atoms with Gasteiger partial charge in [-0.3, -0.25) is 0 Å². The molecule has 0 aliphatic rings. The summed E-state index contributed by atoms with van der Waals surface area (Å²) in [4.78, 5) is 0. The molecular weight excluding hydrogens is 237 g/mol. The second-order valence-corrected chi connectivity index (χ2v) is 3.84. The van der Waals surface area contributed by atoms with Crippen LogP contribution in [0.5, 0.6) is 0 Å². The number of halogens is 2. The average Bonchev–Trinajstić information content (AvgIpc) is 2.33. The Morgan fingerprint density at radius 2 is 2.17 bits per heavy atom. The number of rotatable bonds is 0. The molecule has 2 aromatic heterocycles. The average molecular weight is 245 g/mol. The number of hydrogen-bond acceptors (Lipinski definition) is 0. The first-order valence-corrected chi connectivity index (χ1v) is 4.79. The fourth-order valence-electron chi connectivity index (χ4n) is 1.26. The molecule has 0 atom stereocenters. The van der Waals surface area contributed by atoms with Gasteiger partial charge in [0.05, 0.1) is 5.52 Å². The third-order valence-electron chi connectivity index (χ3n) is 1.93. The summed E-state index contributed by atoms with van der Waals surface area (Å²) in [6.07, 6.45) is 1.95. The van der Waals surface area contributed by atoms with Crippen molar-refractivity contribution in [2.45, 2.75) is 6.92 Å². The van der Waals surface area contributed by atoms with Gasteiger partial charge in [0.1, 0.15) is 5.15 Å². The molecular formula is C9H7BrClN. The van der Waals surface area contributed by atoms with Gasteiger partial charge in [-0.25, -0.2) is 0 Å². The molecule has 2 heterocycles. The van der Waals surface area contributed by atoms with Gasteiger partial charge in [-0.2, -0.15) is 0 Å². The van der Waals surface area contributed by atoms with Crippen molar-refractivity contribution < 1.29 is 0 Å². The Morgan fingerprint density at radius 3 is 2.83 bits per heavy atom. The number of aromatic nitrogens is 1. The molecule has 2 rings (SSSR count). The quantitative estimate of drug-likeness (QED) is 0.666. The topological polar surface area (TPSA) is 4.41 Å². The summed E-state index contributed by atoms with van der Waals surface area (Å²) in [5.41, 5.74) is 2.20. The Balaban J connectivity index is 2.99. The minimum absolute atomic E-state index is 0.775. The first-order chi connectivity index (χ1) is 5.72. The van der Waals surface area contributed by atoms with Gasteiger partial charge >= 0.3 is 0 Å². The Morgan fingerprint density at radius 1 is 1.42 bits per heavy atom. The van der Waals surface area contributed by atoms with E-state index in [2.05, 4.69) is 15.9 Å². The summed E-state index contributed by atoms with van der Waals surface area (Å²) in [6.45, 7) is 2.00. The highest BCUT2D eigenvalue weighted by atomic mass is 79.9. The standard InChI is InChI=1S/C9H7BrClN/c1-6-8(10)7-4-2-3-5-12(7)9(6)11/h2-5H,1H3. The Bertz CT molecular complexity index is 394. The molecule has 0 saturated carbocycles. The van der Waals surface area contributed by atoms with Crippen LogP contribution in [0.1, 0.15) is 5.56 Å². The molecule has 1 nitrogen and oxygen atoms in total. The van der Waals surface area contributed by atoms with Gasteiger partial charge in [-0.05, 0) is 35.0 Å². The van der Waals surface area contributed by atoms with E-state index >= 15 is 0 Å². The lowest BCUT2D eigenvalue weighted by Gasteiger charge is -1.93. The van der Waals surface area contributed by atoms with Crippen molar-refractivity contribution in [2.24, 2.45) is 0 Å². The second kappa shape index (κ2) is 2.79. The Labute approximate surface area is 84.1 Å². The highest BCUT2D eigenvalue weighted by molar-refractivity contribution is 9.10. The van der Waals surface area contributed by atoms with Crippen molar-refractivity contribution in [3.8, 4) is 0 Å². The van der Waals surface area contributed by atoms with Crippen LogP contribution in [0.3, 0.4) is 0 Å². The van der Waals surface area contributed by atoms with E-state index in [0.29, 0.717) is 0 Å². The molecule has 2 aromatic rings. The Hall–Kier alpha value is -0.470. The number of pyridine rings is 1. The Kier molecular flexibility index (Phi) is 1.89. The van der Waals surface area contributed by atoms with Gasteiger partial charge in [-0.15, -0.1) is 0 Å². The van der Waals surface area contributed by atoms with E-state index in [4.69, 9.17) is 11.6 Å². The lowest BCUT2D eigenvalue weighted by molar-refractivity contribution is 1.19. The van der Waals surface area contributed by atoms with Gasteiger partial charge < -0.3 is 4.40 Å². The minimum atomic E-state index is 0.775. The second-order valence-electron chi connectivity index (χ2n) is 2.69.